The van der Waals surface area contributed by atoms with Crippen LogP contribution < -0.4 is 21.7 Å². The molecule has 1 rings (SSSR count). The predicted octanol–water partition coefficient (Wildman–Crippen LogP) is -1.73. The summed E-state index contributed by atoms with van der Waals surface area (Å²) in [5, 5.41) is 35.0. The molecule has 0 radical (unpaired) electrons. The third-order valence-electron chi connectivity index (χ3n) is 4.77. The number of benzene rings is 1. The molecule has 0 aromatic heterocycles. The van der Waals surface area contributed by atoms with Crippen LogP contribution in [0.1, 0.15) is 25.3 Å². The normalized spacial score (nSPS) is 15.2. The summed E-state index contributed by atoms with van der Waals surface area (Å²) in [6, 6.07) is 3.41. The van der Waals surface area contributed by atoms with Crippen molar-refractivity contribution in [2.24, 2.45) is 5.73 Å². The maximum Gasteiger partial charge on any atom is 0.326 e. The molecule has 1 aromatic carbocycles. The fourth-order valence-corrected chi connectivity index (χ4v) is 3.03. The highest BCUT2D eigenvalue weighted by atomic mass is 32.1. The van der Waals surface area contributed by atoms with Gasteiger partial charge in [0.25, 0.3) is 0 Å². The second-order valence-corrected chi connectivity index (χ2v) is 7.96. The molecule has 13 heteroatoms. The largest absolute Gasteiger partial charge is 0.481 e. The van der Waals surface area contributed by atoms with Gasteiger partial charge < -0.3 is 37.0 Å². The minimum Gasteiger partial charge on any atom is -0.481 e. The number of carbonyl (C=O) groups excluding carboxylic acids is 3. The van der Waals surface area contributed by atoms with Crippen LogP contribution >= 0.6 is 12.6 Å². The molecule has 8 N–H and O–H groups in total. The Labute approximate surface area is 201 Å². The number of nitrogens with one attached hydrogen (secondary N) is 3. The number of rotatable bonds is 14. The molecule has 0 heterocycles. The Balaban J connectivity index is 3.02. The maximum atomic E-state index is 13.0. The van der Waals surface area contributed by atoms with E-state index in [1.807, 2.05) is 0 Å². The Morgan fingerprint density at radius 1 is 0.941 bits per heavy atom. The van der Waals surface area contributed by atoms with Gasteiger partial charge >= 0.3 is 11.9 Å². The Morgan fingerprint density at radius 3 is 2.03 bits per heavy atom. The number of hydrogen-bond donors (Lipinski definition) is 8. The molecule has 0 saturated heterocycles. The molecule has 0 bridgehead atoms. The summed E-state index contributed by atoms with van der Waals surface area (Å²) in [5.41, 5.74) is 6.36. The minimum absolute atomic E-state index is 0.0249. The van der Waals surface area contributed by atoms with E-state index in [1.165, 1.54) is 6.92 Å². The number of carboxylic acid groups (broad SMARTS) is 2. The third kappa shape index (κ3) is 9.77. The summed E-state index contributed by atoms with van der Waals surface area (Å²) < 4.78 is 0. The molecule has 0 spiro atoms. The van der Waals surface area contributed by atoms with E-state index in [0.717, 1.165) is 0 Å². The first-order valence-electron chi connectivity index (χ1n) is 10.4. The standard InChI is InChI=1S/C21H30N4O8S/c1-11(26)17(20(31)23-14(21(32)33)7-8-16(27)28)25-19(30)15(24-18(29)13(22)10-34)9-12-5-3-2-4-6-12/h2-6,11,13-15,17,26,34H,7-10,22H2,1H3,(H,23,31)(H,24,29)(H,25,30)(H,27,28)(H,32,33). The van der Waals surface area contributed by atoms with Gasteiger partial charge in [-0.2, -0.15) is 12.6 Å². The smallest absolute Gasteiger partial charge is 0.326 e. The molecule has 0 aliphatic carbocycles. The minimum atomic E-state index is -1.58. The van der Waals surface area contributed by atoms with Gasteiger partial charge in [-0.3, -0.25) is 19.2 Å². The van der Waals surface area contributed by atoms with Crippen molar-refractivity contribution in [3.8, 4) is 0 Å². The van der Waals surface area contributed by atoms with Gasteiger partial charge in [0.15, 0.2) is 0 Å². The predicted molar refractivity (Wildman–Crippen MR) is 124 cm³/mol. The van der Waals surface area contributed by atoms with Crippen LogP contribution in [0.2, 0.25) is 0 Å². The molecular weight excluding hydrogens is 468 g/mol. The van der Waals surface area contributed by atoms with E-state index in [0.29, 0.717) is 5.56 Å². The van der Waals surface area contributed by atoms with E-state index in [4.69, 9.17) is 10.8 Å². The number of hydrogen-bond acceptors (Lipinski definition) is 8. The van der Waals surface area contributed by atoms with Crippen molar-refractivity contribution in [1.82, 2.24) is 16.0 Å². The summed E-state index contributed by atoms with van der Waals surface area (Å²) >= 11 is 3.96. The molecule has 1 aromatic rings. The van der Waals surface area contributed by atoms with Crippen molar-refractivity contribution in [3.05, 3.63) is 35.9 Å². The highest BCUT2D eigenvalue weighted by Gasteiger charge is 2.32. The maximum absolute atomic E-state index is 13.0. The lowest BCUT2D eigenvalue weighted by Crippen LogP contribution is -2.60. The highest BCUT2D eigenvalue weighted by Crippen LogP contribution is 2.06. The molecule has 34 heavy (non-hydrogen) atoms. The highest BCUT2D eigenvalue weighted by molar-refractivity contribution is 7.80. The lowest BCUT2D eigenvalue weighted by molar-refractivity contribution is -0.144. The first-order valence-corrected chi connectivity index (χ1v) is 11.0. The molecular formula is C21H30N4O8S. The topological polar surface area (TPSA) is 208 Å². The van der Waals surface area contributed by atoms with Gasteiger partial charge in [-0.05, 0) is 18.9 Å². The average molecular weight is 499 g/mol. The van der Waals surface area contributed by atoms with Gasteiger partial charge in [0.05, 0.1) is 12.1 Å². The van der Waals surface area contributed by atoms with Gasteiger partial charge in [-0.15, -0.1) is 0 Å². The van der Waals surface area contributed by atoms with E-state index in [-0.39, 0.29) is 12.2 Å². The fourth-order valence-electron chi connectivity index (χ4n) is 2.87. The molecule has 12 nitrogen and oxygen atoms in total. The van der Waals surface area contributed by atoms with Crippen molar-refractivity contribution < 1.29 is 39.3 Å². The summed E-state index contributed by atoms with van der Waals surface area (Å²) in [5.74, 6) is -5.19. The number of aliphatic hydroxyl groups is 1. The van der Waals surface area contributed by atoms with Gasteiger partial charge in [0.2, 0.25) is 17.7 Å². The van der Waals surface area contributed by atoms with Gasteiger partial charge in [0, 0.05) is 18.6 Å². The SMILES string of the molecule is CC(O)C(NC(=O)C(Cc1ccccc1)NC(=O)C(N)CS)C(=O)NC(CCC(=O)O)C(=O)O. The number of nitrogens with two attached hydrogens (primary N) is 1. The van der Waals surface area contributed by atoms with E-state index in [2.05, 4.69) is 28.6 Å². The molecule has 0 saturated carbocycles. The van der Waals surface area contributed by atoms with E-state index in [9.17, 15) is 34.2 Å². The molecule has 5 atom stereocenters. The van der Waals surface area contributed by atoms with E-state index >= 15 is 0 Å². The monoisotopic (exact) mass is 498 g/mol. The van der Waals surface area contributed by atoms with Crippen LogP contribution in [0, 0.1) is 0 Å². The number of amides is 3. The number of carbonyl (C=O) groups is 5. The third-order valence-corrected chi connectivity index (χ3v) is 5.17. The molecule has 3 amide bonds. The van der Waals surface area contributed by atoms with Crippen LogP contribution in [-0.2, 0) is 30.4 Å². The van der Waals surface area contributed by atoms with Crippen LogP contribution in [0.3, 0.4) is 0 Å². The first kappa shape index (κ1) is 28.9. The Morgan fingerprint density at radius 2 is 1.53 bits per heavy atom. The van der Waals surface area contributed by atoms with Crippen molar-refractivity contribution >= 4 is 42.3 Å². The summed E-state index contributed by atoms with van der Waals surface area (Å²) in [7, 11) is 0. The van der Waals surface area contributed by atoms with Crippen molar-refractivity contribution in [2.45, 2.75) is 56.5 Å². The summed E-state index contributed by atoms with van der Waals surface area (Å²) in [4.78, 5) is 60.0. The van der Waals surface area contributed by atoms with Crippen LogP contribution in [0.4, 0.5) is 0 Å². The molecule has 0 aliphatic rings. The zero-order valence-corrected chi connectivity index (χ0v) is 19.4. The van der Waals surface area contributed by atoms with Crippen LogP contribution in [0.5, 0.6) is 0 Å². The Bertz CT molecular complexity index is 868. The summed E-state index contributed by atoms with van der Waals surface area (Å²) in [6.45, 7) is 1.21. The fraction of sp³-hybridized carbons (Fsp3) is 0.476. The van der Waals surface area contributed by atoms with Crippen molar-refractivity contribution in [2.75, 3.05) is 5.75 Å². The van der Waals surface area contributed by atoms with Gasteiger partial charge in [-0.1, -0.05) is 30.3 Å². The number of carboxylic acids is 2. The van der Waals surface area contributed by atoms with Crippen LogP contribution in [-0.4, -0.2) is 81.0 Å². The van der Waals surface area contributed by atoms with Crippen molar-refractivity contribution in [1.29, 1.82) is 0 Å². The number of aliphatic carboxylic acids is 2. The van der Waals surface area contributed by atoms with Gasteiger partial charge in [0.1, 0.15) is 18.1 Å². The molecule has 0 fully saturated rings. The van der Waals surface area contributed by atoms with Crippen LogP contribution in [0.15, 0.2) is 30.3 Å². The van der Waals surface area contributed by atoms with Gasteiger partial charge in [-0.25, -0.2) is 4.79 Å². The second-order valence-electron chi connectivity index (χ2n) is 7.60. The Hall–Kier alpha value is -3.16. The van der Waals surface area contributed by atoms with E-state index < -0.39 is 72.8 Å². The first-order chi connectivity index (χ1) is 16.0. The molecule has 188 valence electrons. The zero-order chi connectivity index (χ0) is 25.8. The lowest BCUT2D eigenvalue weighted by atomic mass is 10.0. The zero-order valence-electron chi connectivity index (χ0n) is 18.5. The van der Waals surface area contributed by atoms with Crippen molar-refractivity contribution in [3.63, 3.8) is 0 Å². The lowest BCUT2D eigenvalue weighted by Gasteiger charge is -2.26. The average Bonchev–Trinajstić information content (AvgIpc) is 2.78. The quantitative estimate of drug-likeness (QED) is 0.137. The number of aliphatic hydroxyl groups excluding tert-OH is 1. The number of thiol groups is 1. The molecule has 0 aliphatic heterocycles. The van der Waals surface area contributed by atoms with Crippen LogP contribution in [0.25, 0.3) is 0 Å². The van der Waals surface area contributed by atoms with E-state index in [1.54, 1.807) is 30.3 Å². The second kappa shape index (κ2) is 14.2. The molecule has 5 unspecified atom stereocenters. The Kier molecular flexibility index (Phi) is 12.0. The summed E-state index contributed by atoms with van der Waals surface area (Å²) in [6.07, 6.45) is -2.31.